The Labute approximate surface area is 167 Å². The van der Waals surface area contributed by atoms with Gasteiger partial charge < -0.3 is 16.0 Å². The predicted molar refractivity (Wildman–Crippen MR) is 108 cm³/mol. The van der Waals surface area contributed by atoms with E-state index in [1.165, 1.54) is 25.1 Å². The van der Waals surface area contributed by atoms with Crippen molar-refractivity contribution in [1.29, 1.82) is 0 Å². The van der Waals surface area contributed by atoms with Crippen molar-refractivity contribution in [2.45, 2.75) is 20.4 Å². The summed E-state index contributed by atoms with van der Waals surface area (Å²) in [7, 11) is 0. The van der Waals surface area contributed by atoms with Gasteiger partial charge in [-0.15, -0.1) is 0 Å². The lowest BCUT2D eigenvalue weighted by Crippen LogP contribution is -2.24. The third kappa shape index (κ3) is 5.83. The molecule has 0 atom stereocenters. The van der Waals surface area contributed by atoms with Gasteiger partial charge in [0.15, 0.2) is 0 Å². The summed E-state index contributed by atoms with van der Waals surface area (Å²) in [5.41, 5.74) is 2.33. The fourth-order valence-electron chi connectivity index (χ4n) is 2.65. The van der Waals surface area contributed by atoms with Crippen LogP contribution in [0.15, 0.2) is 54.6 Å². The Hall–Kier alpha value is -3.81. The van der Waals surface area contributed by atoms with Gasteiger partial charge in [0.2, 0.25) is 5.91 Å². The molecule has 1 heterocycles. The third-order valence-electron chi connectivity index (χ3n) is 3.89. The molecule has 0 spiro atoms. The molecule has 0 aliphatic heterocycles. The SMILES string of the molecule is CC(=O)Nc1cccc(Nc2cc(C(=O)NCc3ccc(F)cc3)nc(C)n2)c1. The maximum absolute atomic E-state index is 13.0. The monoisotopic (exact) mass is 393 g/mol. The highest BCUT2D eigenvalue weighted by molar-refractivity contribution is 5.93. The summed E-state index contributed by atoms with van der Waals surface area (Å²) >= 11 is 0. The van der Waals surface area contributed by atoms with Crippen molar-refractivity contribution in [3.05, 3.63) is 77.5 Å². The number of amides is 2. The zero-order valence-electron chi connectivity index (χ0n) is 16.0. The molecule has 7 nitrogen and oxygen atoms in total. The minimum atomic E-state index is -0.366. The summed E-state index contributed by atoms with van der Waals surface area (Å²) in [5, 5.41) is 8.57. The van der Waals surface area contributed by atoms with E-state index in [2.05, 4.69) is 25.9 Å². The molecule has 3 N–H and O–H groups in total. The molecule has 0 bridgehead atoms. The molecule has 0 fully saturated rings. The van der Waals surface area contributed by atoms with Crippen LogP contribution in [-0.2, 0) is 11.3 Å². The van der Waals surface area contributed by atoms with Gasteiger partial charge in [0.05, 0.1) is 0 Å². The second-order valence-corrected chi connectivity index (χ2v) is 6.38. The molecule has 0 radical (unpaired) electrons. The Balaban J connectivity index is 1.71. The van der Waals surface area contributed by atoms with E-state index in [0.29, 0.717) is 23.0 Å². The summed E-state index contributed by atoms with van der Waals surface area (Å²) in [5.74, 6) is 0.0177. The van der Waals surface area contributed by atoms with Gasteiger partial charge in [0, 0.05) is 30.9 Å². The summed E-state index contributed by atoms with van der Waals surface area (Å²) in [6.07, 6.45) is 0. The van der Waals surface area contributed by atoms with Crippen molar-refractivity contribution in [2.75, 3.05) is 10.6 Å². The lowest BCUT2D eigenvalue weighted by atomic mass is 10.2. The number of anilines is 3. The van der Waals surface area contributed by atoms with E-state index in [-0.39, 0.29) is 29.9 Å². The molecule has 0 saturated carbocycles. The molecule has 8 heteroatoms. The van der Waals surface area contributed by atoms with Gasteiger partial charge >= 0.3 is 0 Å². The molecule has 0 aliphatic rings. The first-order valence-electron chi connectivity index (χ1n) is 8.92. The first-order valence-corrected chi connectivity index (χ1v) is 8.92. The van der Waals surface area contributed by atoms with Crippen LogP contribution in [0.3, 0.4) is 0 Å². The second kappa shape index (κ2) is 8.92. The highest BCUT2D eigenvalue weighted by Crippen LogP contribution is 2.19. The number of nitrogens with zero attached hydrogens (tertiary/aromatic N) is 2. The maximum Gasteiger partial charge on any atom is 0.270 e. The Kier molecular flexibility index (Phi) is 6.13. The molecular weight excluding hydrogens is 373 g/mol. The van der Waals surface area contributed by atoms with Crippen LogP contribution in [0.25, 0.3) is 0 Å². The van der Waals surface area contributed by atoms with Crippen LogP contribution in [0.2, 0.25) is 0 Å². The van der Waals surface area contributed by atoms with E-state index < -0.39 is 0 Å². The van der Waals surface area contributed by atoms with Gasteiger partial charge in [-0.3, -0.25) is 9.59 Å². The molecule has 1 aromatic heterocycles. The number of carbonyl (C=O) groups is 2. The number of aryl methyl sites for hydroxylation is 1. The topological polar surface area (TPSA) is 96.0 Å². The standard InChI is InChI=1S/C21H20FN5O2/c1-13-24-19(21(29)23-12-15-6-8-16(22)9-7-15)11-20(25-13)27-18-5-3-4-17(10-18)26-14(2)28/h3-11H,12H2,1-2H3,(H,23,29)(H,26,28)(H,24,25,27). The zero-order valence-corrected chi connectivity index (χ0v) is 16.0. The number of halogens is 1. The van der Waals surface area contributed by atoms with Crippen LogP contribution in [0.5, 0.6) is 0 Å². The molecule has 2 aromatic carbocycles. The molecule has 0 saturated heterocycles. The predicted octanol–water partition coefficient (Wildman–Crippen LogP) is 3.56. The average molecular weight is 393 g/mol. The fraction of sp³-hybridized carbons (Fsp3) is 0.143. The molecular formula is C21H20FN5O2. The minimum absolute atomic E-state index is 0.167. The van der Waals surface area contributed by atoms with E-state index in [9.17, 15) is 14.0 Å². The number of carbonyl (C=O) groups excluding carboxylic acids is 2. The summed E-state index contributed by atoms with van der Waals surface area (Å²) in [4.78, 5) is 32.2. The summed E-state index contributed by atoms with van der Waals surface area (Å²) in [6, 6.07) is 14.6. The van der Waals surface area contributed by atoms with Gasteiger partial charge in [-0.05, 0) is 42.8 Å². The van der Waals surface area contributed by atoms with Crippen molar-refractivity contribution < 1.29 is 14.0 Å². The summed E-state index contributed by atoms with van der Waals surface area (Å²) in [6.45, 7) is 3.38. The van der Waals surface area contributed by atoms with Crippen molar-refractivity contribution in [3.63, 3.8) is 0 Å². The van der Waals surface area contributed by atoms with E-state index in [0.717, 1.165) is 5.56 Å². The number of benzene rings is 2. The number of aromatic nitrogens is 2. The Morgan fingerprint density at radius 2 is 1.72 bits per heavy atom. The lowest BCUT2D eigenvalue weighted by molar-refractivity contribution is -0.114. The molecule has 3 aromatic rings. The maximum atomic E-state index is 13.0. The number of rotatable bonds is 6. The smallest absolute Gasteiger partial charge is 0.270 e. The Morgan fingerprint density at radius 1 is 1.00 bits per heavy atom. The van der Waals surface area contributed by atoms with Crippen LogP contribution < -0.4 is 16.0 Å². The van der Waals surface area contributed by atoms with E-state index in [1.807, 2.05) is 6.07 Å². The van der Waals surface area contributed by atoms with Crippen LogP contribution in [0, 0.1) is 12.7 Å². The zero-order chi connectivity index (χ0) is 20.8. The molecule has 2 amide bonds. The van der Waals surface area contributed by atoms with Crippen LogP contribution in [0.4, 0.5) is 21.6 Å². The number of hydrogen-bond donors (Lipinski definition) is 3. The molecule has 148 valence electrons. The van der Waals surface area contributed by atoms with Crippen molar-refractivity contribution in [3.8, 4) is 0 Å². The summed E-state index contributed by atoms with van der Waals surface area (Å²) < 4.78 is 13.0. The van der Waals surface area contributed by atoms with E-state index >= 15 is 0 Å². The first-order chi connectivity index (χ1) is 13.9. The minimum Gasteiger partial charge on any atom is -0.347 e. The van der Waals surface area contributed by atoms with Gasteiger partial charge in [-0.25, -0.2) is 14.4 Å². The number of nitrogens with one attached hydrogen (secondary N) is 3. The van der Waals surface area contributed by atoms with Crippen molar-refractivity contribution >= 4 is 29.0 Å². The Morgan fingerprint density at radius 3 is 2.45 bits per heavy atom. The van der Waals surface area contributed by atoms with Crippen LogP contribution >= 0.6 is 0 Å². The molecule has 0 unspecified atom stereocenters. The van der Waals surface area contributed by atoms with Crippen LogP contribution in [-0.4, -0.2) is 21.8 Å². The highest BCUT2D eigenvalue weighted by Gasteiger charge is 2.11. The largest absolute Gasteiger partial charge is 0.347 e. The Bertz CT molecular complexity index is 1040. The number of hydrogen-bond acceptors (Lipinski definition) is 5. The van der Waals surface area contributed by atoms with E-state index in [1.54, 1.807) is 37.3 Å². The molecule has 3 rings (SSSR count). The van der Waals surface area contributed by atoms with Crippen molar-refractivity contribution in [2.24, 2.45) is 0 Å². The van der Waals surface area contributed by atoms with Gasteiger partial charge in [-0.1, -0.05) is 18.2 Å². The van der Waals surface area contributed by atoms with Gasteiger partial charge in [0.1, 0.15) is 23.2 Å². The van der Waals surface area contributed by atoms with Crippen molar-refractivity contribution in [1.82, 2.24) is 15.3 Å². The molecule has 0 aliphatic carbocycles. The molecule has 29 heavy (non-hydrogen) atoms. The lowest BCUT2D eigenvalue weighted by Gasteiger charge is -2.10. The van der Waals surface area contributed by atoms with Gasteiger partial charge in [-0.2, -0.15) is 0 Å². The average Bonchev–Trinajstić information content (AvgIpc) is 2.66. The fourth-order valence-corrected chi connectivity index (χ4v) is 2.65. The van der Waals surface area contributed by atoms with E-state index in [4.69, 9.17) is 0 Å². The quantitative estimate of drug-likeness (QED) is 0.595. The van der Waals surface area contributed by atoms with Crippen LogP contribution in [0.1, 0.15) is 28.8 Å². The normalized spacial score (nSPS) is 10.3. The third-order valence-corrected chi connectivity index (χ3v) is 3.89. The van der Waals surface area contributed by atoms with Gasteiger partial charge in [0.25, 0.3) is 5.91 Å². The highest BCUT2D eigenvalue weighted by atomic mass is 19.1. The first kappa shape index (κ1) is 19.9. The second-order valence-electron chi connectivity index (χ2n) is 6.38.